The van der Waals surface area contributed by atoms with Crippen molar-refractivity contribution in [3.05, 3.63) is 71.0 Å². The molecule has 1 aliphatic heterocycles. The lowest BCUT2D eigenvalue weighted by molar-refractivity contribution is 0.134. The zero-order valence-electron chi connectivity index (χ0n) is 17.6. The molecule has 0 amide bonds. The molecule has 0 aliphatic carbocycles. The van der Waals surface area contributed by atoms with Gasteiger partial charge in [0.1, 0.15) is 5.82 Å². The molecule has 0 radical (unpaired) electrons. The number of likely N-dealkylation sites (tertiary alicyclic amines) is 1. The maximum atomic E-state index is 13.5. The number of nitrogens with zero attached hydrogens (tertiary/aromatic N) is 2. The molecule has 1 saturated heterocycles. The Kier molecular flexibility index (Phi) is 10.0. The summed E-state index contributed by atoms with van der Waals surface area (Å²) >= 11 is 0. The summed E-state index contributed by atoms with van der Waals surface area (Å²) < 4.78 is 13.5. The Morgan fingerprint density at radius 3 is 2.63 bits per heavy atom. The minimum Gasteiger partial charge on any atom is -0.392 e. The van der Waals surface area contributed by atoms with Crippen LogP contribution in [0.2, 0.25) is 0 Å². The zero-order valence-corrected chi connectivity index (χ0v) is 20.0. The Labute approximate surface area is 195 Å². The number of hydrogen-bond acceptors (Lipinski definition) is 3. The van der Waals surface area contributed by atoms with E-state index in [1.807, 2.05) is 0 Å². The van der Waals surface area contributed by atoms with E-state index < -0.39 is 0 Å². The summed E-state index contributed by atoms with van der Waals surface area (Å²) in [6.45, 7) is 4.53. The average molecular weight is 526 g/mol. The molecule has 0 saturated carbocycles. The highest BCUT2D eigenvalue weighted by molar-refractivity contribution is 14.0. The fraction of sp³-hybridized carbons (Fsp3) is 0.435. The standard InChI is InChI=1S/C23H31FN4O.HI/c1-17-12-21(10-11-28(17)15-18-6-4-3-5-7-18)27-23(25-2)26-14-19-8-9-22(24)20(13-19)16-29;/h3-9,13,17,21,29H,10-12,14-16H2,1-2H3,(H2,25,26,27);1H. The van der Waals surface area contributed by atoms with Crippen molar-refractivity contribution in [2.24, 2.45) is 4.99 Å². The predicted molar refractivity (Wildman–Crippen MR) is 130 cm³/mol. The number of guanidine groups is 1. The van der Waals surface area contributed by atoms with E-state index in [1.54, 1.807) is 19.2 Å². The van der Waals surface area contributed by atoms with E-state index in [1.165, 1.54) is 11.6 Å². The number of aliphatic hydroxyl groups excluding tert-OH is 1. The van der Waals surface area contributed by atoms with Crippen molar-refractivity contribution in [2.45, 2.75) is 51.5 Å². The summed E-state index contributed by atoms with van der Waals surface area (Å²) in [5.41, 5.74) is 2.57. The molecule has 2 atom stereocenters. The van der Waals surface area contributed by atoms with Gasteiger partial charge in [-0.25, -0.2) is 4.39 Å². The van der Waals surface area contributed by atoms with Gasteiger partial charge in [0.25, 0.3) is 0 Å². The van der Waals surface area contributed by atoms with Crippen LogP contribution in [0.4, 0.5) is 4.39 Å². The number of piperidine rings is 1. The number of aliphatic hydroxyl groups is 1. The molecule has 7 heteroatoms. The van der Waals surface area contributed by atoms with Gasteiger partial charge in [0.2, 0.25) is 0 Å². The number of nitrogens with one attached hydrogen (secondary N) is 2. The van der Waals surface area contributed by atoms with Crippen LogP contribution < -0.4 is 10.6 Å². The van der Waals surface area contributed by atoms with Crippen LogP contribution in [0.25, 0.3) is 0 Å². The van der Waals surface area contributed by atoms with Gasteiger partial charge in [0, 0.05) is 44.3 Å². The molecule has 2 aromatic carbocycles. The van der Waals surface area contributed by atoms with Crippen LogP contribution in [-0.2, 0) is 19.7 Å². The molecular formula is C23H32FIN4O. The molecule has 0 bridgehead atoms. The Morgan fingerprint density at radius 2 is 1.97 bits per heavy atom. The lowest BCUT2D eigenvalue weighted by Crippen LogP contribution is -2.51. The molecule has 2 aromatic rings. The van der Waals surface area contributed by atoms with E-state index in [2.05, 4.69) is 57.8 Å². The first-order chi connectivity index (χ1) is 14.1. The minimum atomic E-state index is -0.380. The number of rotatable bonds is 6. The fourth-order valence-corrected chi connectivity index (χ4v) is 3.84. The van der Waals surface area contributed by atoms with Crippen LogP contribution in [0.5, 0.6) is 0 Å². The van der Waals surface area contributed by atoms with Gasteiger partial charge in [-0.3, -0.25) is 9.89 Å². The highest BCUT2D eigenvalue weighted by Gasteiger charge is 2.25. The monoisotopic (exact) mass is 526 g/mol. The number of aliphatic imine (C=N–C) groups is 1. The van der Waals surface area contributed by atoms with Gasteiger partial charge in [-0.1, -0.05) is 36.4 Å². The van der Waals surface area contributed by atoms with Crippen molar-refractivity contribution >= 4 is 29.9 Å². The second kappa shape index (κ2) is 12.2. The van der Waals surface area contributed by atoms with Gasteiger partial charge in [0.05, 0.1) is 6.61 Å². The summed E-state index contributed by atoms with van der Waals surface area (Å²) in [5, 5.41) is 16.0. The Bertz CT molecular complexity index is 818. The van der Waals surface area contributed by atoms with E-state index in [-0.39, 0.29) is 36.4 Å². The summed E-state index contributed by atoms with van der Waals surface area (Å²) in [7, 11) is 1.76. The first kappa shape index (κ1) is 24.6. The number of hydrogen-bond donors (Lipinski definition) is 3. The molecule has 3 N–H and O–H groups in total. The van der Waals surface area contributed by atoms with Gasteiger partial charge in [-0.15, -0.1) is 24.0 Å². The first-order valence-electron chi connectivity index (χ1n) is 10.2. The van der Waals surface area contributed by atoms with E-state index in [4.69, 9.17) is 0 Å². The van der Waals surface area contributed by atoms with Crippen molar-refractivity contribution in [2.75, 3.05) is 13.6 Å². The summed E-state index contributed by atoms with van der Waals surface area (Å²) in [6.07, 6.45) is 2.11. The van der Waals surface area contributed by atoms with Crippen LogP contribution >= 0.6 is 24.0 Å². The number of benzene rings is 2. The third kappa shape index (κ3) is 6.92. The minimum absolute atomic E-state index is 0. The largest absolute Gasteiger partial charge is 0.392 e. The van der Waals surface area contributed by atoms with Crippen LogP contribution in [0.1, 0.15) is 36.5 Å². The first-order valence-corrected chi connectivity index (χ1v) is 10.2. The highest BCUT2D eigenvalue weighted by atomic mass is 127. The maximum absolute atomic E-state index is 13.5. The fourth-order valence-electron chi connectivity index (χ4n) is 3.84. The van der Waals surface area contributed by atoms with Crippen LogP contribution in [0.3, 0.4) is 0 Å². The second-order valence-corrected chi connectivity index (χ2v) is 7.68. The molecule has 164 valence electrons. The van der Waals surface area contributed by atoms with Gasteiger partial charge >= 0.3 is 0 Å². The molecule has 1 heterocycles. The van der Waals surface area contributed by atoms with Crippen molar-refractivity contribution in [1.29, 1.82) is 0 Å². The smallest absolute Gasteiger partial charge is 0.191 e. The summed E-state index contributed by atoms with van der Waals surface area (Å²) in [5.74, 6) is 0.364. The van der Waals surface area contributed by atoms with Crippen LogP contribution in [-0.4, -0.2) is 41.6 Å². The lowest BCUT2D eigenvalue weighted by Gasteiger charge is -2.38. The highest BCUT2D eigenvalue weighted by Crippen LogP contribution is 2.20. The Balaban J connectivity index is 0.00000320. The molecule has 3 rings (SSSR count). The van der Waals surface area contributed by atoms with Crippen molar-refractivity contribution in [1.82, 2.24) is 15.5 Å². The van der Waals surface area contributed by atoms with Gasteiger partial charge < -0.3 is 15.7 Å². The molecule has 5 nitrogen and oxygen atoms in total. The van der Waals surface area contributed by atoms with Crippen molar-refractivity contribution in [3.63, 3.8) is 0 Å². The van der Waals surface area contributed by atoms with Gasteiger partial charge in [0.15, 0.2) is 5.96 Å². The van der Waals surface area contributed by atoms with E-state index >= 15 is 0 Å². The molecular weight excluding hydrogens is 494 g/mol. The maximum Gasteiger partial charge on any atom is 0.191 e. The number of halogens is 2. The average Bonchev–Trinajstić information content (AvgIpc) is 2.74. The topological polar surface area (TPSA) is 59.9 Å². The molecule has 1 aliphatic rings. The lowest BCUT2D eigenvalue weighted by atomic mass is 9.97. The molecule has 30 heavy (non-hydrogen) atoms. The zero-order chi connectivity index (χ0) is 20.6. The normalized spacial score (nSPS) is 19.8. The summed E-state index contributed by atoms with van der Waals surface area (Å²) in [6, 6.07) is 16.2. The molecule has 0 spiro atoms. The van der Waals surface area contributed by atoms with Crippen molar-refractivity contribution in [3.8, 4) is 0 Å². The van der Waals surface area contributed by atoms with Gasteiger partial charge in [-0.05, 0) is 43.0 Å². The quantitative estimate of drug-likeness (QED) is 0.306. The van der Waals surface area contributed by atoms with Crippen molar-refractivity contribution < 1.29 is 9.50 Å². The van der Waals surface area contributed by atoms with E-state index in [9.17, 15) is 9.50 Å². The Morgan fingerprint density at radius 1 is 1.20 bits per heavy atom. The predicted octanol–water partition coefficient (Wildman–Crippen LogP) is 3.65. The van der Waals surface area contributed by atoms with Gasteiger partial charge in [-0.2, -0.15) is 0 Å². The Hall–Kier alpha value is -1.71. The van der Waals surface area contributed by atoms with Crippen LogP contribution in [0.15, 0.2) is 53.5 Å². The van der Waals surface area contributed by atoms with E-state index in [0.29, 0.717) is 24.2 Å². The third-order valence-electron chi connectivity index (χ3n) is 5.55. The third-order valence-corrected chi connectivity index (χ3v) is 5.55. The SMILES string of the molecule is CN=C(NCc1ccc(F)c(CO)c1)NC1CCN(Cc2ccccc2)C(C)C1.I. The molecule has 1 fully saturated rings. The van der Waals surface area contributed by atoms with E-state index in [0.717, 1.165) is 37.5 Å². The molecule has 2 unspecified atom stereocenters. The second-order valence-electron chi connectivity index (χ2n) is 7.68. The summed E-state index contributed by atoms with van der Waals surface area (Å²) in [4.78, 5) is 6.85. The molecule has 0 aromatic heterocycles. The van der Waals surface area contributed by atoms with Crippen LogP contribution in [0, 0.1) is 5.82 Å².